The third-order valence-electron chi connectivity index (χ3n) is 3.66. The summed E-state index contributed by atoms with van der Waals surface area (Å²) in [5, 5.41) is 3.24. The monoisotopic (exact) mass is 297 g/mol. The largest absolute Gasteiger partial charge is 0.323 e. The summed E-state index contributed by atoms with van der Waals surface area (Å²) < 4.78 is 26.7. The van der Waals surface area contributed by atoms with Crippen LogP contribution < -0.4 is 15.8 Å². The van der Waals surface area contributed by atoms with Gasteiger partial charge in [-0.1, -0.05) is 30.3 Å². The Kier molecular flexibility index (Phi) is 5.54. The van der Waals surface area contributed by atoms with Gasteiger partial charge in [-0.15, -0.1) is 0 Å². The summed E-state index contributed by atoms with van der Waals surface area (Å²) in [7, 11) is -3.24. The molecule has 1 unspecified atom stereocenters. The number of hydrogen-bond donors (Lipinski definition) is 3. The second-order valence-electron chi connectivity index (χ2n) is 5.34. The summed E-state index contributed by atoms with van der Waals surface area (Å²) in [6.45, 7) is 2.06. The molecule has 0 aliphatic carbocycles. The second kappa shape index (κ2) is 7.17. The van der Waals surface area contributed by atoms with Crippen molar-refractivity contribution in [2.75, 3.05) is 25.4 Å². The van der Waals surface area contributed by atoms with E-state index < -0.39 is 10.0 Å². The van der Waals surface area contributed by atoms with Gasteiger partial charge >= 0.3 is 0 Å². The first-order valence-corrected chi connectivity index (χ1v) is 8.70. The van der Waals surface area contributed by atoms with Crippen molar-refractivity contribution >= 4 is 10.0 Å². The standard InChI is InChI=1S/C14H23N3O2S/c15-14(13-4-2-1-3-5-13)10-17-20(18,19)11-12-6-8-16-9-7-12/h1-5,12,14,16-17H,6-11,15H2. The van der Waals surface area contributed by atoms with Crippen molar-refractivity contribution in [1.82, 2.24) is 10.0 Å². The van der Waals surface area contributed by atoms with Gasteiger partial charge in [-0.3, -0.25) is 0 Å². The molecule has 0 spiro atoms. The van der Waals surface area contributed by atoms with E-state index in [1.54, 1.807) is 0 Å². The zero-order valence-electron chi connectivity index (χ0n) is 11.6. The van der Waals surface area contributed by atoms with Crippen molar-refractivity contribution in [1.29, 1.82) is 0 Å². The fourth-order valence-electron chi connectivity index (χ4n) is 2.45. The molecule has 6 heteroatoms. The molecule has 1 aliphatic heterocycles. The van der Waals surface area contributed by atoms with E-state index in [2.05, 4.69) is 10.0 Å². The lowest BCUT2D eigenvalue weighted by Crippen LogP contribution is -2.38. The maximum absolute atomic E-state index is 12.0. The Labute approximate surface area is 121 Å². The van der Waals surface area contributed by atoms with Crippen molar-refractivity contribution in [3.8, 4) is 0 Å². The molecule has 0 saturated carbocycles. The summed E-state index contributed by atoms with van der Waals surface area (Å²) in [6.07, 6.45) is 1.84. The molecule has 1 fully saturated rings. The first-order valence-electron chi connectivity index (χ1n) is 7.05. The Hall–Kier alpha value is -0.950. The van der Waals surface area contributed by atoms with Crippen LogP contribution >= 0.6 is 0 Å². The first-order chi connectivity index (χ1) is 9.57. The molecule has 1 atom stereocenters. The Balaban J connectivity index is 1.82. The third kappa shape index (κ3) is 4.86. The van der Waals surface area contributed by atoms with Crippen LogP contribution in [-0.2, 0) is 10.0 Å². The molecule has 0 amide bonds. The van der Waals surface area contributed by atoms with E-state index in [0.29, 0.717) is 0 Å². The van der Waals surface area contributed by atoms with Gasteiger partial charge < -0.3 is 11.1 Å². The Bertz CT molecular complexity index is 498. The van der Waals surface area contributed by atoms with Crippen LogP contribution in [0.5, 0.6) is 0 Å². The average Bonchev–Trinajstić information content (AvgIpc) is 2.46. The Morgan fingerprint density at radius 1 is 1.25 bits per heavy atom. The number of hydrogen-bond acceptors (Lipinski definition) is 4. The quantitative estimate of drug-likeness (QED) is 0.718. The van der Waals surface area contributed by atoms with Gasteiger partial charge in [0.25, 0.3) is 0 Å². The molecule has 1 saturated heterocycles. The summed E-state index contributed by atoms with van der Waals surface area (Å²) >= 11 is 0. The average molecular weight is 297 g/mol. The van der Waals surface area contributed by atoms with Crippen LogP contribution in [0.4, 0.5) is 0 Å². The minimum atomic E-state index is -3.24. The van der Waals surface area contributed by atoms with Crippen molar-refractivity contribution in [3.63, 3.8) is 0 Å². The predicted octanol–water partition coefficient (Wildman–Crippen LogP) is 0.605. The molecular weight excluding hydrogens is 274 g/mol. The smallest absolute Gasteiger partial charge is 0.211 e. The van der Waals surface area contributed by atoms with Gasteiger partial charge in [0.05, 0.1) is 5.75 Å². The lowest BCUT2D eigenvalue weighted by molar-refractivity contribution is 0.400. The van der Waals surface area contributed by atoms with Crippen LogP contribution in [0, 0.1) is 5.92 Å². The number of benzene rings is 1. The van der Waals surface area contributed by atoms with Crippen molar-refractivity contribution in [3.05, 3.63) is 35.9 Å². The predicted molar refractivity (Wildman–Crippen MR) is 80.8 cm³/mol. The number of nitrogens with one attached hydrogen (secondary N) is 2. The van der Waals surface area contributed by atoms with Crippen LogP contribution in [0.1, 0.15) is 24.4 Å². The molecule has 2 rings (SSSR count). The van der Waals surface area contributed by atoms with E-state index in [-0.39, 0.29) is 24.3 Å². The molecular formula is C14H23N3O2S. The maximum Gasteiger partial charge on any atom is 0.211 e. The number of piperidine rings is 1. The minimum Gasteiger partial charge on any atom is -0.323 e. The summed E-state index contributed by atoms with van der Waals surface area (Å²) in [5.41, 5.74) is 6.94. The minimum absolute atomic E-state index is 0.205. The Morgan fingerprint density at radius 2 is 1.90 bits per heavy atom. The second-order valence-corrected chi connectivity index (χ2v) is 7.19. The zero-order chi connectivity index (χ0) is 14.4. The fraction of sp³-hybridized carbons (Fsp3) is 0.571. The lowest BCUT2D eigenvalue weighted by Gasteiger charge is -2.22. The molecule has 0 bridgehead atoms. The van der Waals surface area contributed by atoms with E-state index in [1.165, 1.54) is 0 Å². The van der Waals surface area contributed by atoms with Gasteiger partial charge in [0, 0.05) is 12.6 Å². The zero-order valence-corrected chi connectivity index (χ0v) is 12.4. The highest BCUT2D eigenvalue weighted by molar-refractivity contribution is 7.89. The highest BCUT2D eigenvalue weighted by atomic mass is 32.2. The van der Waals surface area contributed by atoms with Gasteiger partial charge in [-0.05, 0) is 37.4 Å². The third-order valence-corrected chi connectivity index (χ3v) is 5.18. The van der Waals surface area contributed by atoms with Crippen LogP contribution in [0.15, 0.2) is 30.3 Å². The van der Waals surface area contributed by atoms with E-state index in [9.17, 15) is 8.42 Å². The van der Waals surface area contributed by atoms with Gasteiger partial charge in [0.15, 0.2) is 0 Å². The molecule has 0 aromatic heterocycles. The van der Waals surface area contributed by atoms with E-state index in [4.69, 9.17) is 5.73 Å². The lowest BCUT2D eigenvalue weighted by atomic mass is 10.0. The molecule has 20 heavy (non-hydrogen) atoms. The summed E-state index contributed by atoms with van der Waals surface area (Å²) in [4.78, 5) is 0. The summed E-state index contributed by atoms with van der Waals surface area (Å²) in [5.74, 6) is 0.456. The van der Waals surface area contributed by atoms with E-state index in [1.807, 2.05) is 30.3 Å². The van der Waals surface area contributed by atoms with E-state index in [0.717, 1.165) is 31.5 Å². The highest BCUT2D eigenvalue weighted by Crippen LogP contribution is 2.14. The van der Waals surface area contributed by atoms with Crippen molar-refractivity contribution < 1.29 is 8.42 Å². The van der Waals surface area contributed by atoms with E-state index >= 15 is 0 Å². The van der Waals surface area contributed by atoms with Gasteiger partial charge in [-0.25, -0.2) is 13.1 Å². The summed E-state index contributed by atoms with van der Waals surface area (Å²) in [6, 6.07) is 9.23. The number of sulfonamides is 1. The molecule has 1 aromatic rings. The molecule has 1 aromatic carbocycles. The van der Waals surface area contributed by atoms with Crippen LogP contribution in [0.2, 0.25) is 0 Å². The first kappa shape index (κ1) is 15.4. The van der Waals surface area contributed by atoms with Gasteiger partial charge in [0.2, 0.25) is 10.0 Å². The molecule has 5 nitrogen and oxygen atoms in total. The molecule has 1 aliphatic rings. The highest BCUT2D eigenvalue weighted by Gasteiger charge is 2.21. The molecule has 4 N–H and O–H groups in total. The van der Waals surface area contributed by atoms with Gasteiger partial charge in [0.1, 0.15) is 0 Å². The van der Waals surface area contributed by atoms with Gasteiger partial charge in [-0.2, -0.15) is 0 Å². The SMILES string of the molecule is NC(CNS(=O)(=O)CC1CCNCC1)c1ccccc1. The number of rotatable bonds is 6. The van der Waals surface area contributed by atoms with Crippen molar-refractivity contribution in [2.45, 2.75) is 18.9 Å². The molecule has 112 valence electrons. The fourth-order valence-corrected chi connectivity index (χ4v) is 3.96. The van der Waals surface area contributed by atoms with Crippen LogP contribution in [0.25, 0.3) is 0 Å². The normalized spacial score (nSPS) is 18.9. The maximum atomic E-state index is 12.0. The topological polar surface area (TPSA) is 84.2 Å². The molecule has 0 radical (unpaired) electrons. The van der Waals surface area contributed by atoms with Crippen LogP contribution in [0.3, 0.4) is 0 Å². The van der Waals surface area contributed by atoms with Crippen LogP contribution in [-0.4, -0.2) is 33.8 Å². The Morgan fingerprint density at radius 3 is 2.55 bits per heavy atom. The number of nitrogens with two attached hydrogens (primary N) is 1. The van der Waals surface area contributed by atoms with Crippen molar-refractivity contribution in [2.24, 2.45) is 11.7 Å². The molecule has 1 heterocycles.